The number of hydrogen-bond donors (Lipinski definition) is 2. The van der Waals surface area contributed by atoms with Gasteiger partial charge in [-0.2, -0.15) is 13.2 Å². The van der Waals surface area contributed by atoms with Gasteiger partial charge < -0.3 is 30.4 Å². The molecule has 4 rings (SSSR count). The van der Waals surface area contributed by atoms with Gasteiger partial charge in [-0.05, 0) is 100 Å². The number of fused-ring (bicyclic) bond motifs is 1. The summed E-state index contributed by atoms with van der Waals surface area (Å²) >= 11 is 1.20. The van der Waals surface area contributed by atoms with E-state index in [1.807, 2.05) is 13.8 Å². The lowest BCUT2D eigenvalue weighted by Gasteiger charge is -2.44. The van der Waals surface area contributed by atoms with Crippen molar-refractivity contribution in [3.8, 4) is 21.9 Å². The number of halogens is 6. The van der Waals surface area contributed by atoms with E-state index in [2.05, 4.69) is 11.7 Å². The second-order valence-corrected chi connectivity index (χ2v) is 16.0. The third kappa shape index (κ3) is 9.25. The van der Waals surface area contributed by atoms with Crippen molar-refractivity contribution in [2.75, 3.05) is 7.11 Å². The molecule has 1 fully saturated rings. The van der Waals surface area contributed by atoms with Crippen LogP contribution in [0.25, 0.3) is 20.5 Å². The van der Waals surface area contributed by atoms with E-state index >= 15 is 0 Å². The molecule has 50 heavy (non-hydrogen) atoms. The lowest BCUT2D eigenvalue weighted by atomic mass is 9.77. The molecule has 4 N–H and O–H groups in total. The fraction of sp³-hybridized carbons (Fsp3) is 0.622. The maximum atomic E-state index is 15.0. The number of alkyl halides is 6. The van der Waals surface area contributed by atoms with Gasteiger partial charge in [-0.25, -0.2) is 0 Å². The molecule has 5 unspecified atom stereocenters. The van der Waals surface area contributed by atoms with Crippen molar-refractivity contribution < 1.29 is 45.3 Å². The summed E-state index contributed by atoms with van der Waals surface area (Å²) in [4.78, 5) is 0.524. The van der Waals surface area contributed by atoms with E-state index in [4.69, 9.17) is 25.7 Å². The van der Waals surface area contributed by atoms with E-state index in [-0.39, 0.29) is 29.9 Å². The summed E-state index contributed by atoms with van der Waals surface area (Å²) in [5.74, 6) is -0.0846. The molecule has 5 atom stereocenters. The van der Waals surface area contributed by atoms with Crippen LogP contribution in [0.1, 0.15) is 85.6 Å². The molecule has 13 heteroatoms. The fourth-order valence-corrected chi connectivity index (χ4v) is 7.77. The van der Waals surface area contributed by atoms with Crippen LogP contribution in [-0.4, -0.2) is 49.7 Å². The average molecular weight is 733 g/mol. The lowest BCUT2D eigenvalue weighted by molar-refractivity contribution is -0.300. The van der Waals surface area contributed by atoms with Crippen LogP contribution in [-0.2, 0) is 15.9 Å². The number of rotatable bonds is 15. The zero-order chi connectivity index (χ0) is 37.3. The number of ether oxygens (including phenoxy) is 4. The summed E-state index contributed by atoms with van der Waals surface area (Å²) in [5, 5.41) is 0.704. The predicted octanol–water partition coefficient (Wildman–Crippen LogP) is 10.1. The molecular formula is C37H50F6N2O4S. The first-order valence-corrected chi connectivity index (χ1v) is 17.8. The Bertz CT molecular complexity index is 1580. The molecule has 1 aliphatic carbocycles. The Kier molecular flexibility index (Phi) is 12.2. The van der Waals surface area contributed by atoms with Gasteiger partial charge in [-0.1, -0.05) is 39.7 Å². The van der Waals surface area contributed by atoms with Gasteiger partial charge in [0.2, 0.25) is 0 Å². The Morgan fingerprint density at radius 1 is 0.940 bits per heavy atom. The summed E-state index contributed by atoms with van der Waals surface area (Å²) in [5.41, 5.74) is 9.79. The van der Waals surface area contributed by atoms with Gasteiger partial charge in [0.15, 0.2) is 6.29 Å². The highest BCUT2D eigenvalue weighted by Gasteiger charge is 2.66. The quantitative estimate of drug-likeness (QED) is 0.0919. The van der Waals surface area contributed by atoms with Gasteiger partial charge in [0.1, 0.15) is 23.0 Å². The minimum Gasteiger partial charge on any atom is -0.489 e. The van der Waals surface area contributed by atoms with E-state index in [0.717, 1.165) is 31.7 Å². The lowest BCUT2D eigenvalue weighted by Crippen LogP contribution is -2.56. The molecule has 0 amide bonds. The number of methoxy groups -OCH3 is 1. The number of hydrogen-bond acceptors (Lipinski definition) is 7. The SMILES string of the molecule is CCCCCc1ccc(-c2cc3ccc(OC4CCC(OC(OC)C(C)(C)C(N)CC(C)(C)N)C4(C)C(F)(F)F)cc3s2)c(OC(F)(F)F)c1. The molecule has 0 radical (unpaired) electrons. The Morgan fingerprint density at radius 2 is 1.62 bits per heavy atom. The van der Waals surface area contributed by atoms with Crippen LogP contribution < -0.4 is 20.9 Å². The highest BCUT2D eigenvalue weighted by Crippen LogP contribution is 2.54. The van der Waals surface area contributed by atoms with Gasteiger partial charge in [-0.3, -0.25) is 0 Å². The van der Waals surface area contributed by atoms with Gasteiger partial charge in [0.05, 0.1) is 6.10 Å². The number of nitrogens with two attached hydrogens (primary N) is 2. The molecular weight excluding hydrogens is 682 g/mol. The first kappa shape index (κ1) is 40.2. The van der Waals surface area contributed by atoms with E-state index in [9.17, 15) is 26.3 Å². The number of benzene rings is 2. The molecule has 0 saturated heterocycles. The van der Waals surface area contributed by atoms with Crippen LogP contribution in [0, 0.1) is 10.8 Å². The molecule has 2 aromatic carbocycles. The van der Waals surface area contributed by atoms with Crippen molar-refractivity contribution in [3.63, 3.8) is 0 Å². The van der Waals surface area contributed by atoms with Gasteiger partial charge in [-0.15, -0.1) is 24.5 Å². The highest BCUT2D eigenvalue weighted by molar-refractivity contribution is 7.22. The standard InChI is InChI=1S/C37H50F6N2O4S/c1-8-9-10-11-22-12-15-25(26(18-22)49-37(41,42)43)28-19-23-13-14-24(20-27(23)50-28)47-30-16-17-31(35(30,6)36(38,39)40)48-32(46-7)34(4,5)29(44)21-33(2,3)45/h12-15,18-20,29-32H,8-11,16-17,21,44-45H2,1-7H3. The van der Waals surface area contributed by atoms with Crippen molar-refractivity contribution in [1.82, 2.24) is 0 Å². The molecule has 1 aliphatic rings. The molecule has 1 saturated carbocycles. The zero-order valence-corrected chi connectivity index (χ0v) is 30.6. The van der Waals surface area contributed by atoms with Crippen LogP contribution in [0.2, 0.25) is 0 Å². The second-order valence-electron chi connectivity index (χ2n) is 14.9. The maximum absolute atomic E-state index is 15.0. The molecule has 1 aromatic heterocycles. The first-order chi connectivity index (χ1) is 23.1. The van der Waals surface area contributed by atoms with E-state index in [1.165, 1.54) is 24.5 Å². The molecule has 3 aromatic rings. The topological polar surface area (TPSA) is 89.0 Å². The van der Waals surface area contributed by atoms with Gasteiger partial charge in [0.25, 0.3) is 0 Å². The van der Waals surface area contributed by atoms with Crippen LogP contribution in [0.5, 0.6) is 11.5 Å². The minimum absolute atomic E-state index is 0.0654. The largest absolute Gasteiger partial charge is 0.573 e. The van der Waals surface area contributed by atoms with Crippen LogP contribution in [0.15, 0.2) is 42.5 Å². The fourth-order valence-electron chi connectivity index (χ4n) is 6.65. The summed E-state index contributed by atoms with van der Waals surface area (Å²) < 4.78 is 108. The minimum atomic E-state index is -4.88. The smallest absolute Gasteiger partial charge is 0.489 e. The van der Waals surface area contributed by atoms with Gasteiger partial charge >= 0.3 is 12.5 Å². The third-order valence-electron chi connectivity index (χ3n) is 9.83. The summed E-state index contributed by atoms with van der Waals surface area (Å²) in [6.07, 6.45) is -9.25. The monoisotopic (exact) mass is 732 g/mol. The third-order valence-corrected chi connectivity index (χ3v) is 11.0. The Hall–Kier alpha value is -2.58. The number of thiophene rings is 1. The van der Waals surface area contributed by atoms with Crippen LogP contribution in [0.4, 0.5) is 26.3 Å². The normalized spacial score (nSPS) is 21.8. The summed E-state index contributed by atoms with van der Waals surface area (Å²) in [6, 6.07) is 10.9. The molecule has 280 valence electrons. The zero-order valence-electron chi connectivity index (χ0n) is 29.8. The van der Waals surface area contributed by atoms with Crippen molar-refractivity contribution in [2.24, 2.45) is 22.3 Å². The first-order valence-electron chi connectivity index (χ1n) is 17.0. The predicted molar refractivity (Wildman–Crippen MR) is 185 cm³/mol. The van der Waals surface area contributed by atoms with Crippen molar-refractivity contribution in [2.45, 2.75) is 129 Å². The summed E-state index contributed by atoms with van der Waals surface area (Å²) in [7, 11) is 1.38. The highest BCUT2D eigenvalue weighted by atomic mass is 32.1. The van der Waals surface area contributed by atoms with E-state index < -0.39 is 53.4 Å². The van der Waals surface area contributed by atoms with Crippen LogP contribution >= 0.6 is 11.3 Å². The van der Waals surface area contributed by atoms with E-state index in [1.54, 1.807) is 50.2 Å². The van der Waals surface area contributed by atoms with Gasteiger partial charge in [0, 0.05) is 39.2 Å². The molecule has 0 spiro atoms. The Labute approximate surface area is 294 Å². The van der Waals surface area contributed by atoms with Crippen LogP contribution in [0.3, 0.4) is 0 Å². The van der Waals surface area contributed by atoms with E-state index in [0.29, 0.717) is 27.8 Å². The summed E-state index contributed by atoms with van der Waals surface area (Å²) in [6.45, 7) is 10.4. The molecule has 0 aliphatic heterocycles. The maximum Gasteiger partial charge on any atom is 0.573 e. The molecule has 6 nitrogen and oxygen atoms in total. The average Bonchev–Trinajstić information content (AvgIpc) is 3.55. The van der Waals surface area contributed by atoms with Crippen molar-refractivity contribution in [1.29, 1.82) is 0 Å². The second kappa shape index (κ2) is 15.2. The molecule has 0 bridgehead atoms. The number of aryl methyl sites for hydroxylation is 1. The Balaban J connectivity index is 1.59. The van der Waals surface area contributed by atoms with Crippen molar-refractivity contribution >= 4 is 21.4 Å². The molecule has 1 heterocycles. The number of unbranched alkanes of at least 4 members (excludes halogenated alkanes) is 2. The Morgan fingerprint density at radius 3 is 2.22 bits per heavy atom. The van der Waals surface area contributed by atoms with Crippen molar-refractivity contribution in [3.05, 3.63) is 48.0 Å².